The molecule has 3 rings (SSSR count). The molecule has 0 bridgehead atoms. The zero-order chi connectivity index (χ0) is 22.2. The molecule has 8 heteroatoms. The summed E-state index contributed by atoms with van der Waals surface area (Å²) in [4.78, 5) is 12.2. The first-order valence-electron chi connectivity index (χ1n) is 9.44. The number of rotatable bonds is 9. The van der Waals surface area contributed by atoms with Gasteiger partial charge in [0, 0.05) is 17.7 Å². The lowest BCUT2D eigenvalue weighted by molar-refractivity contribution is -0.116. The standard InChI is InChI=1S/C23H24N2O6/c1-27-18-8-5-15(11-21(18)29-3)6-10-23(26)24-14-17-13-20(31-25-17)16-7-9-19(28-2)22(12-16)30-4/h5-13H,14H2,1-4H3,(H,24,26). The molecule has 0 spiro atoms. The topological polar surface area (TPSA) is 92.1 Å². The Balaban J connectivity index is 1.60. The molecule has 1 amide bonds. The first kappa shape index (κ1) is 21.8. The highest BCUT2D eigenvalue weighted by atomic mass is 16.5. The van der Waals surface area contributed by atoms with Gasteiger partial charge < -0.3 is 28.8 Å². The van der Waals surface area contributed by atoms with Gasteiger partial charge in [-0.1, -0.05) is 11.2 Å². The molecule has 0 aliphatic rings. The monoisotopic (exact) mass is 424 g/mol. The summed E-state index contributed by atoms with van der Waals surface area (Å²) in [6.07, 6.45) is 3.13. The molecule has 0 fully saturated rings. The van der Waals surface area contributed by atoms with Crippen molar-refractivity contribution in [1.29, 1.82) is 0 Å². The summed E-state index contributed by atoms with van der Waals surface area (Å²) >= 11 is 0. The third kappa shape index (κ3) is 5.36. The number of hydrogen-bond donors (Lipinski definition) is 1. The van der Waals surface area contributed by atoms with Crippen LogP contribution in [0.15, 0.2) is 53.1 Å². The van der Waals surface area contributed by atoms with E-state index in [-0.39, 0.29) is 12.5 Å². The van der Waals surface area contributed by atoms with Gasteiger partial charge in [-0.15, -0.1) is 0 Å². The molecule has 0 atom stereocenters. The SMILES string of the molecule is COc1ccc(C=CC(=O)NCc2cc(-c3ccc(OC)c(OC)c3)on2)cc1OC. The largest absolute Gasteiger partial charge is 0.493 e. The van der Waals surface area contributed by atoms with Crippen molar-refractivity contribution in [1.82, 2.24) is 10.5 Å². The van der Waals surface area contributed by atoms with Crippen LogP contribution < -0.4 is 24.3 Å². The van der Waals surface area contributed by atoms with E-state index >= 15 is 0 Å². The number of aromatic nitrogens is 1. The molecule has 0 unspecified atom stereocenters. The minimum Gasteiger partial charge on any atom is -0.493 e. The fraction of sp³-hybridized carbons (Fsp3) is 0.217. The maximum atomic E-state index is 12.2. The van der Waals surface area contributed by atoms with Crippen molar-refractivity contribution >= 4 is 12.0 Å². The number of nitrogens with zero attached hydrogens (tertiary/aromatic N) is 1. The minimum absolute atomic E-state index is 0.228. The van der Waals surface area contributed by atoms with Gasteiger partial charge in [0.2, 0.25) is 5.91 Å². The highest BCUT2D eigenvalue weighted by Crippen LogP contribution is 2.32. The van der Waals surface area contributed by atoms with Crippen LogP contribution in [0.3, 0.4) is 0 Å². The second kappa shape index (κ2) is 10.2. The van der Waals surface area contributed by atoms with E-state index in [9.17, 15) is 4.79 Å². The molecule has 3 aromatic rings. The lowest BCUT2D eigenvalue weighted by Crippen LogP contribution is -2.20. The highest BCUT2D eigenvalue weighted by Gasteiger charge is 2.11. The molecular weight excluding hydrogens is 400 g/mol. The molecule has 31 heavy (non-hydrogen) atoms. The fourth-order valence-corrected chi connectivity index (χ4v) is 2.89. The molecule has 0 radical (unpaired) electrons. The summed E-state index contributed by atoms with van der Waals surface area (Å²) in [6.45, 7) is 0.228. The molecule has 1 N–H and O–H groups in total. The van der Waals surface area contributed by atoms with E-state index in [1.807, 2.05) is 12.1 Å². The van der Waals surface area contributed by atoms with Crippen LogP contribution in [0.4, 0.5) is 0 Å². The van der Waals surface area contributed by atoms with E-state index in [1.54, 1.807) is 64.8 Å². The van der Waals surface area contributed by atoms with Gasteiger partial charge >= 0.3 is 0 Å². The van der Waals surface area contributed by atoms with Gasteiger partial charge in [0.1, 0.15) is 5.69 Å². The number of nitrogens with one attached hydrogen (secondary N) is 1. The quantitative estimate of drug-likeness (QED) is 0.524. The lowest BCUT2D eigenvalue weighted by atomic mass is 10.1. The maximum absolute atomic E-state index is 12.2. The Morgan fingerprint density at radius 1 is 0.903 bits per heavy atom. The van der Waals surface area contributed by atoms with Crippen molar-refractivity contribution in [3.8, 4) is 34.3 Å². The maximum Gasteiger partial charge on any atom is 0.244 e. The number of ether oxygens (including phenoxy) is 4. The third-order valence-electron chi connectivity index (χ3n) is 4.51. The van der Waals surface area contributed by atoms with Crippen LogP contribution in [-0.4, -0.2) is 39.5 Å². The summed E-state index contributed by atoms with van der Waals surface area (Å²) in [6, 6.07) is 12.6. The van der Waals surface area contributed by atoms with Crippen molar-refractivity contribution in [3.05, 3.63) is 59.8 Å². The van der Waals surface area contributed by atoms with Crippen LogP contribution in [0.1, 0.15) is 11.3 Å². The van der Waals surface area contributed by atoms with Crippen molar-refractivity contribution in [2.24, 2.45) is 0 Å². The van der Waals surface area contributed by atoms with Gasteiger partial charge in [-0.25, -0.2) is 0 Å². The Morgan fingerprint density at radius 2 is 1.55 bits per heavy atom. The molecule has 162 valence electrons. The van der Waals surface area contributed by atoms with Crippen LogP contribution in [0.25, 0.3) is 17.4 Å². The predicted octanol–water partition coefficient (Wildman–Crippen LogP) is 3.71. The first-order valence-corrected chi connectivity index (χ1v) is 9.44. The van der Waals surface area contributed by atoms with Gasteiger partial charge in [-0.2, -0.15) is 0 Å². The minimum atomic E-state index is -0.259. The smallest absolute Gasteiger partial charge is 0.244 e. The van der Waals surface area contributed by atoms with Crippen LogP contribution >= 0.6 is 0 Å². The molecule has 1 aromatic heterocycles. The van der Waals surface area contributed by atoms with E-state index < -0.39 is 0 Å². The zero-order valence-corrected chi connectivity index (χ0v) is 17.8. The first-order chi connectivity index (χ1) is 15.1. The number of hydrogen-bond acceptors (Lipinski definition) is 7. The Hall–Kier alpha value is -3.94. The number of amides is 1. The van der Waals surface area contributed by atoms with Gasteiger partial charge in [0.05, 0.1) is 35.0 Å². The highest BCUT2D eigenvalue weighted by molar-refractivity contribution is 5.91. The number of carbonyl (C=O) groups excluding carboxylic acids is 1. The van der Waals surface area contributed by atoms with Crippen LogP contribution in [0.2, 0.25) is 0 Å². The van der Waals surface area contributed by atoms with Gasteiger partial charge in [0.15, 0.2) is 28.8 Å². The van der Waals surface area contributed by atoms with Gasteiger partial charge in [-0.3, -0.25) is 4.79 Å². The molecule has 8 nitrogen and oxygen atoms in total. The molecule has 2 aromatic carbocycles. The summed E-state index contributed by atoms with van der Waals surface area (Å²) in [7, 11) is 6.28. The summed E-state index contributed by atoms with van der Waals surface area (Å²) in [5.74, 6) is 2.73. The number of carbonyl (C=O) groups is 1. The van der Waals surface area contributed by atoms with Crippen LogP contribution in [0, 0.1) is 0 Å². The molecular formula is C23H24N2O6. The summed E-state index contributed by atoms with van der Waals surface area (Å²) < 4.78 is 26.4. The molecule has 0 aliphatic heterocycles. The second-order valence-corrected chi connectivity index (χ2v) is 6.42. The average molecular weight is 424 g/mol. The van der Waals surface area contributed by atoms with Gasteiger partial charge in [0.25, 0.3) is 0 Å². The lowest BCUT2D eigenvalue weighted by Gasteiger charge is -2.07. The van der Waals surface area contributed by atoms with Crippen molar-refractivity contribution in [2.45, 2.75) is 6.54 Å². The van der Waals surface area contributed by atoms with Crippen LogP contribution in [0.5, 0.6) is 23.0 Å². The third-order valence-corrected chi connectivity index (χ3v) is 4.51. The van der Waals surface area contributed by atoms with Crippen molar-refractivity contribution < 1.29 is 28.3 Å². The Kier molecular flexibility index (Phi) is 7.16. The van der Waals surface area contributed by atoms with E-state index in [2.05, 4.69) is 10.5 Å². The van der Waals surface area contributed by atoms with E-state index in [1.165, 1.54) is 6.08 Å². The van der Waals surface area contributed by atoms with E-state index in [0.29, 0.717) is 34.5 Å². The van der Waals surface area contributed by atoms with Gasteiger partial charge in [-0.05, 0) is 42.0 Å². The van der Waals surface area contributed by atoms with Crippen molar-refractivity contribution in [3.63, 3.8) is 0 Å². The Bertz CT molecular complexity index is 1070. The predicted molar refractivity (Wildman–Crippen MR) is 115 cm³/mol. The van der Waals surface area contributed by atoms with Crippen LogP contribution in [-0.2, 0) is 11.3 Å². The zero-order valence-electron chi connectivity index (χ0n) is 17.8. The number of methoxy groups -OCH3 is 4. The molecule has 1 heterocycles. The fourth-order valence-electron chi connectivity index (χ4n) is 2.89. The molecule has 0 aliphatic carbocycles. The second-order valence-electron chi connectivity index (χ2n) is 6.42. The number of benzene rings is 2. The Labute approximate surface area is 180 Å². The summed E-state index contributed by atoms with van der Waals surface area (Å²) in [5.41, 5.74) is 2.19. The summed E-state index contributed by atoms with van der Waals surface area (Å²) in [5, 5.41) is 6.78. The van der Waals surface area contributed by atoms with E-state index in [0.717, 1.165) is 11.1 Å². The van der Waals surface area contributed by atoms with Crippen molar-refractivity contribution in [2.75, 3.05) is 28.4 Å². The molecule has 0 saturated heterocycles. The Morgan fingerprint density at radius 3 is 2.23 bits per heavy atom. The van der Waals surface area contributed by atoms with E-state index in [4.69, 9.17) is 23.5 Å². The average Bonchev–Trinajstić information content (AvgIpc) is 3.29. The molecule has 0 saturated carbocycles. The normalized spacial score (nSPS) is 10.7.